The van der Waals surface area contributed by atoms with Gasteiger partial charge in [-0.15, -0.1) is 24.8 Å². The number of guanidine groups is 1. The van der Waals surface area contributed by atoms with E-state index in [2.05, 4.69) is 43.9 Å². The quantitative estimate of drug-likeness (QED) is 0.744. The van der Waals surface area contributed by atoms with Crippen LogP contribution in [-0.2, 0) is 4.79 Å². The van der Waals surface area contributed by atoms with E-state index in [1.165, 1.54) is 0 Å². The number of rotatable bonds is 2. The highest BCUT2D eigenvalue weighted by atomic mass is 35.5. The van der Waals surface area contributed by atoms with Crippen LogP contribution < -0.4 is 5.32 Å². The monoisotopic (exact) mass is 410 g/mol. The highest BCUT2D eigenvalue weighted by Gasteiger charge is 2.27. The summed E-state index contributed by atoms with van der Waals surface area (Å²) in [5.41, 5.74) is 2.16. The molecule has 1 saturated heterocycles. The number of nitrogens with one attached hydrogen (secondary N) is 2. The van der Waals surface area contributed by atoms with Gasteiger partial charge in [-0.1, -0.05) is 0 Å². The predicted octanol–water partition coefficient (Wildman–Crippen LogP) is 2.26. The van der Waals surface area contributed by atoms with Crippen LogP contribution in [0.4, 0.5) is 0 Å². The first-order chi connectivity index (χ1) is 12.1. The summed E-state index contributed by atoms with van der Waals surface area (Å²) in [5.74, 6) is 0.511. The molecule has 2 N–H and O–H groups in total. The van der Waals surface area contributed by atoms with Gasteiger partial charge in [-0.3, -0.25) is 15.0 Å². The SMILES string of the molecule is CC(C)N1CCN(C2=N/C(=C\c3c[nH]c4ncccc34)C(=O)N2)CC1.Cl.Cl. The van der Waals surface area contributed by atoms with E-state index >= 15 is 0 Å². The Morgan fingerprint density at radius 1 is 1.19 bits per heavy atom. The van der Waals surface area contributed by atoms with Crippen molar-refractivity contribution >= 4 is 53.8 Å². The van der Waals surface area contributed by atoms with Crippen LogP contribution in [0.3, 0.4) is 0 Å². The number of hydrogen-bond donors (Lipinski definition) is 2. The van der Waals surface area contributed by atoms with Crippen molar-refractivity contribution in [3.05, 3.63) is 35.8 Å². The van der Waals surface area contributed by atoms with E-state index in [-0.39, 0.29) is 30.7 Å². The molecule has 0 bridgehead atoms. The van der Waals surface area contributed by atoms with Gasteiger partial charge < -0.3 is 9.88 Å². The van der Waals surface area contributed by atoms with Gasteiger partial charge in [0.2, 0.25) is 5.96 Å². The normalized spacial score (nSPS) is 19.1. The minimum atomic E-state index is -0.153. The molecule has 7 nitrogen and oxygen atoms in total. The average Bonchev–Trinajstić information content (AvgIpc) is 3.20. The van der Waals surface area contributed by atoms with Crippen LogP contribution in [0, 0.1) is 0 Å². The Morgan fingerprint density at radius 2 is 1.93 bits per heavy atom. The molecule has 0 aromatic carbocycles. The zero-order valence-corrected chi connectivity index (χ0v) is 16.9. The molecule has 0 aliphatic carbocycles. The average molecular weight is 411 g/mol. The van der Waals surface area contributed by atoms with Gasteiger partial charge in [0.25, 0.3) is 5.91 Å². The van der Waals surface area contributed by atoms with Crippen molar-refractivity contribution in [2.24, 2.45) is 4.99 Å². The lowest BCUT2D eigenvalue weighted by Crippen LogP contribution is -2.53. The molecule has 2 aliphatic rings. The summed E-state index contributed by atoms with van der Waals surface area (Å²) < 4.78 is 0. The zero-order chi connectivity index (χ0) is 17.4. The summed E-state index contributed by atoms with van der Waals surface area (Å²) in [7, 11) is 0. The number of piperazine rings is 1. The fourth-order valence-electron chi connectivity index (χ4n) is 3.30. The Labute approximate surface area is 170 Å². The van der Waals surface area contributed by atoms with Crippen LogP contribution in [0.15, 0.2) is 35.2 Å². The number of carbonyl (C=O) groups is 1. The molecule has 2 aliphatic heterocycles. The number of carbonyl (C=O) groups excluding carboxylic acids is 1. The second-order valence-corrected chi connectivity index (χ2v) is 6.68. The molecule has 146 valence electrons. The fraction of sp³-hybridized carbons (Fsp3) is 0.389. The summed E-state index contributed by atoms with van der Waals surface area (Å²) in [6.45, 7) is 8.14. The van der Waals surface area contributed by atoms with Crippen molar-refractivity contribution in [2.45, 2.75) is 19.9 Å². The summed E-state index contributed by atoms with van der Waals surface area (Å²) in [6.07, 6.45) is 5.41. The number of aromatic nitrogens is 2. The molecular weight excluding hydrogens is 387 g/mol. The maximum atomic E-state index is 12.3. The highest BCUT2D eigenvalue weighted by Crippen LogP contribution is 2.21. The standard InChI is InChI=1S/C18H22N6O.2ClH/c1-12(2)23-6-8-24(9-7-23)18-21-15(17(25)22-18)10-13-11-20-16-14(13)4-3-5-19-16;;/h3-5,10-12H,6-9H2,1-2H3,(H,19,20)(H,21,22,25);2*1H/b15-10-;;. The van der Waals surface area contributed by atoms with Gasteiger partial charge in [0.1, 0.15) is 11.3 Å². The van der Waals surface area contributed by atoms with Crippen LogP contribution in [0.1, 0.15) is 19.4 Å². The topological polar surface area (TPSA) is 76.6 Å². The molecule has 2 aromatic rings. The number of fused-ring (bicyclic) bond motifs is 1. The number of aliphatic imine (C=N–C) groups is 1. The second kappa shape index (κ2) is 8.73. The number of hydrogen-bond acceptors (Lipinski definition) is 5. The third-order valence-electron chi connectivity index (χ3n) is 4.80. The van der Waals surface area contributed by atoms with Gasteiger partial charge >= 0.3 is 0 Å². The van der Waals surface area contributed by atoms with E-state index in [1.54, 1.807) is 6.20 Å². The molecular formula is C18H24Cl2N6O. The van der Waals surface area contributed by atoms with Crippen molar-refractivity contribution in [3.8, 4) is 0 Å². The van der Waals surface area contributed by atoms with Gasteiger partial charge in [-0.05, 0) is 32.1 Å². The number of pyridine rings is 1. The third-order valence-corrected chi connectivity index (χ3v) is 4.80. The van der Waals surface area contributed by atoms with Crippen LogP contribution in [0.2, 0.25) is 0 Å². The van der Waals surface area contributed by atoms with Gasteiger partial charge in [0.05, 0.1) is 0 Å². The number of aromatic amines is 1. The number of amides is 1. The second-order valence-electron chi connectivity index (χ2n) is 6.68. The molecule has 0 atom stereocenters. The molecule has 0 radical (unpaired) electrons. The van der Waals surface area contributed by atoms with E-state index in [9.17, 15) is 4.79 Å². The minimum Gasteiger partial charge on any atom is -0.346 e. The lowest BCUT2D eigenvalue weighted by atomic mass is 10.2. The van der Waals surface area contributed by atoms with Crippen LogP contribution >= 0.6 is 24.8 Å². The molecule has 1 amide bonds. The van der Waals surface area contributed by atoms with Gasteiger partial charge in [-0.2, -0.15) is 0 Å². The van der Waals surface area contributed by atoms with Crippen LogP contribution in [-0.4, -0.2) is 63.9 Å². The first-order valence-corrected chi connectivity index (χ1v) is 8.64. The molecule has 27 heavy (non-hydrogen) atoms. The zero-order valence-electron chi connectivity index (χ0n) is 15.3. The Kier molecular flexibility index (Phi) is 6.86. The molecule has 1 fully saturated rings. The van der Waals surface area contributed by atoms with E-state index < -0.39 is 0 Å². The van der Waals surface area contributed by atoms with Crippen LogP contribution in [0.25, 0.3) is 17.1 Å². The molecule has 2 aromatic heterocycles. The van der Waals surface area contributed by atoms with E-state index in [0.717, 1.165) is 42.8 Å². The van der Waals surface area contributed by atoms with Crippen molar-refractivity contribution < 1.29 is 4.79 Å². The summed E-state index contributed by atoms with van der Waals surface area (Å²) in [5, 5.41) is 3.89. The summed E-state index contributed by atoms with van der Waals surface area (Å²) in [4.78, 5) is 28.8. The molecule has 0 unspecified atom stereocenters. The van der Waals surface area contributed by atoms with E-state index in [4.69, 9.17) is 0 Å². The largest absolute Gasteiger partial charge is 0.346 e. The van der Waals surface area contributed by atoms with E-state index in [0.29, 0.717) is 17.7 Å². The first-order valence-electron chi connectivity index (χ1n) is 8.64. The number of nitrogens with zero attached hydrogens (tertiary/aromatic N) is 4. The Bertz CT molecular complexity index is 868. The maximum Gasteiger partial charge on any atom is 0.276 e. The molecule has 0 spiro atoms. The van der Waals surface area contributed by atoms with Crippen molar-refractivity contribution in [1.82, 2.24) is 25.1 Å². The molecule has 4 heterocycles. The molecule has 0 saturated carbocycles. The molecule has 9 heteroatoms. The number of halogens is 2. The van der Waals surface area contributed by atoms with E-state index in [1.807, 2.05) is 24.4 Å². The Hall–Kier alpha value is -2.09. The lowest BCUT2D eigenvalue weighted by molar-refractivity contribution is -0.115. The smallest absolute Gasteiger partial charge is 0.276 e. The highest BCUT2D eigenvalue weighted by molar-refractivity contribution is 6.14. The Balaban J connectivity index is 0.00000131. The minimum absolute atomic E-state index is 0. The van der Waals surface area contributed by atoms with Crippen LogP contribution in [0.5, 0.6) is 0 Å². The predicted molar refractivity (Wildman–Crippen MR) is 112 cm³/mol. The maximum absolute atomic E-state index is 12.3. The van der Waals surface area contributed by atoms with Gasteiger partial charge in [-0.25, -0.2) is 9.98 Å². The third kappa shape index (κ3) is 4.26. The lowest BCUT2D eigenvalue weighted by Gasteiger charge is -2.37. The fourth-order valence-corrected chi connectivity index (χ4v) is 3.30. The Morgan fingerprint density at radius 3 is 2.63 bits per heavy atom. The molecule has 4 rings (SSSR count). The van der Waals surface area contributed by atoms with Gasteiger partial charge in [0.15, 0.2) is 0 Å². The van der Waals surface area contributed by atoms with Gasteiger partial charge in [0, 0.05) is 55.6 Å². The van der Waals surface area contributed by atoms with Crippen molar-refractivity contribution in [2.75, 3.05) is 26.2 Å². The summed E-state index contributed by atoms with van der Waals surface area (Å²) in [6, 6.07) is 4.41. The number of H-pyrrole nitrogens is 1. The van der Waals surface area contributed by atoms with Crippen molar-refractivity contribution in [3.63, 3.8) is 0 Å². The first kappa shape index (κ1) is 21.2. The summed E-state index contributed by atoms with van der Waals surface area (Å²) >= 11 is 0. The van der Waals surface area contributed by atoms with Crippen molar-refractivity contribution in [1.29, 1.82) is 0 Å².